The quantitative estimate of drug-likeness (QED) is 0.140. The van der Waals surface area contributed by atoms with E-state index >= 15 is 0 Å². The maximum absolute atomic E-state index is 12.2. The molecule has 1 heterocycles. The number of hydrogen-bond donors (Lipinski definition) is 2. The molecule has 3 aromatic carbocycles. The minimum Gasteiger partial charge on any atom is -0.507 e. The zero-order chi connectivity index (χ0) is 29.0. The van der Waals surface area contributed by atoms with Crippen molar-refractivity contribution >= 4 is 28.6 Å². The van der Waals surface area contributed by atoms with Crippen LogP contribution in [-0.4, -0.2) is 33.1 Å². The number of phenols is 1. The Morgan fingerprint density at radius 1 is 0.925 bits per heavy atom. The van der Waals surface area contributed by atoms with Gasteiger partial charge in [-0.25, -0.2) is 0 Å². The van der Waals surface area contributed by atoms with Crippen molar-refractivity contribution in [1.82, 2.24) is 15.4 Å². The number of fused-ring (bicyclic) bond motifs is 1. The van der Waals surface area contributed by atoms with E-state index in [1.807, 2.05) is 60.7 Å². The van der Waals surface area contributed by atoms with Gasteiger partial charge in [0, 0.05) is 22.6 Å². The predicted molar refractivity (Wildman–Crippen MR) is 164 cm³/mol. The smallest absolute Gasteiger partial charge is 0.306 e. The van der Waals surface area contributed by atoms with Gasteiger partial charge in [0.2, 0.25) is 0 Å². The van der Waals surface area contributed by atoms with Crippen molar-refractivity contribution in [2.75, 3.05) is 6.61 Å². The summed E-state index contributed by atoms with van der Waals surface area (Å²) < 4.78 is 5.42. The Morgan fingerprint density at radius 2 is 1.55 bits per heavy atom. The number of hydrogen-bond acceptors (Lipinski definition) is 5. The molecule has 0 atom stereocenters. The summed E-state index contributed by atoms with van der Waals surface area (Å²) in [5.41, 5.74) is 5.16. The summed E-state index contributed by atoms with van der Waals surface area (Å²) in [6.45, 7) is 8.94. The van der Waals surface area contributed by atoms with Gasteiger partial charge in [-0.3, -0.25) is 4.79 Å². The topological polar surface area (TPSA) is 88.1 Å². The van der Waals surface area contributed by atoms with E-state index in [1.165, 1.54) is 25.7 Å². The molecule has 2 N–H and O–H groups in total. The number of carbonyl (C=O) groups excluding carboxylic acids is 1. The molecule has 214 valence electrons. The van der Waals surface area contributed by atoms with Gasteiger partial charge in [-0.05, 0) is 59.7 Å². The van der Waals surface area contributed by atoms with Crippen molar-refractivity contribution in [3.8, 4) is 16.9 Å². The standard InChI is InChI=1S/C27H37ClO3.C6H5N3/c1-5-6-7-8-9-10-17-31-25(29)16-11-20-18-23(21-12-14-22(28)15-13-21)26(30)24(19-20)27(2,3)4;1-2-4-6-5(3-1)7-9-8-6/h12-15,18-19,30H,5-11,16-17H2,1-4H3;1-4H,(H,7,8,9). The third-order valence-corrected chi connectivity index (χ3v) is 6.99. The van der Waals surface area contributed by atoms with Crippen LogP contribution in [0.15, 0.2) is 60.7 Å². The van der Waals surface area contributed by atoms with Gasteiger partial charge in [-0.15, -0.1) is 0 Å². The number of aromatic amines is 1. The molecule has 4 aromatic rings. The number of carbonyl (C=O) groups is 1. The number of nitrogens with zero attached hydrogens (tertiary/aromatic N) is 2. The largest absolute Gasteiger partial charge is 0.507 e. The van der Waals surface area contributed by atoms with Crippen molar-refractivity contribution in [2.45, 2.75) is 84.5 Å². The summed E-state index contributed by atoms with van der Waals surface area (Å²) in [5, 5.41) is 21.9. The van der Waals surface area contributed by atoms with Crippen LogP contribution in [-0.2, 0) is 21.4 Å². The van der Waals surface area contributed by atoms with Crippen LogP contribution in [0.3, 0.4) is 0 Å². The molecule has 0 saturated carbocycles. The number of aryl methyl sites for hydroxylation is 1. The van der Waals surface area contributed by atoms with Crippen molar-refractivity contribution < 1.29 is 14.6 Å². The average Bonchev–Trinajstić information content (AvgIpc) is 3.41. The van der Waals surface area contributed by atoms with Crippen LogP contribution in [0.1, 0.15) is 83.8 Å². The van der Waals surface area contributed by atoms with Gasteiger partial charge in [0.05, 0.1) is 6.61 Å². The second-order valence-electron chi connectivity index (χ2n) is 11.1. The maximum atomic E-state index is 12.2. The number of ether oxygens (including phenoxy) is 1. The van der Waals surface area contributed by atoms with Crippen LogP contribution in [0.4, 0.5) is 0 Å². The minimum absolute atomic E-state index is 0.160. The third kappa shape index (κ3) is 9.67. The highest BCUT2D eigenvalue weighted by Gasteiger charge is 2.22. The number of halogens is 1. The molecule has 0 unspecified atom stereocenters. The Bertz CT molecular complexity index is 1310. The fourth-order valence-corrected chi connectivity index (χ4v) is 4.56. The van der Waals surface area contributed by atoms with Crippen LogP contribution in [0.25, 0.3) is 22.2 Å². The summed E-state index contributed by atoms with van der Waals surface area (Å²) in [4.78, 5) is 12.2. The molecule has 0 bridgehead atoms. The Balaban J connectivity index is 0.000000407. The van der Waals surface area contributed by atoms with Crippen LogP contribution in [0.2, 0.25) is 5.02 Å². The lowest BCUT2D eigenvalue weighted by atomic mass is 9.82. The summed E-state index contributed by atoms with van der Waals surface area (Å²) in [5.74, 6) is 0.121. The predicted octanol–water partition coefficient (Wildman–Crippen LogP) is 8.80. The lowest BCUT2D eigenvalue weighted by Gasteiger charge is -2.23. The minimum atomic E-state index is -0.223. The van der Waals surface area contributed by atoms with E-state index in [4.69, 9.17) is 16.3 Å². The number of phenolic OH excluding ortho intramolecular Hbond substituents is 1. The lowest BCUT2D eigenvalue weighted by molar-refractivity contribution is -0.143. The van der Waals surface area contributed by atoms with Gasteiger partial charge in [-0.1, -0.05) is 102 Å². The second-order valence-corrected chi connectivity index (χ2v) is 11.5. The first kappa shape index (κ1) is 31.2. The number of esters is 1. The fraction of sp³-hybridized carbons (Fsp3) is 0.424. The first-order chi connectivity index (χ1) is 19.2. The Labute approximate surface area is 243 Å². The zero-order valence-corrected chi connectivity index (χ0v) is 24.9. The number of aromatic hydroxyl groups is 1. The highest BCUT2D eigenvalue weighted by Crippen LogP contribution is 2.40. The molecule has 0 radical (unpaired) electrons. The molecule has 4 rings (SSSR count). The highest BCUT2D eigenvalue weighted by molar-refractivity contribution is 6.30. The molecule has 0 fully saturated rings. The molecule has 7 heteroatoms. The number of benzene rings is 3. The summed E-state index contributed by atoms with van der Waals surface area (Å²) in [6.07, 6.45) is 7.96. The van der Waals surface area contributed by atoms with Crippen molar-refractivity contribution in [3.05, 3.63) is 76.8 Å². The highest BCUT2D eigenvalue weighted by atomic mass is 35.5. The lowest BCUT2D eigenvalue weighted by Crippen LogP contribution is -2.13. The van der Waals surface area contributed by atoms with E-state index in [9.17, 15) is 9.90 Å². The fourth-order valence-electron chi connectivity index (χ4n) is 4.43. The van der Waals surface area contributed by atoms with Crippen molar-refractivity contribution in [2.24, 2.45) is 0 Å². The van der Waals surface area contributed by atoms with Crippen molar-refractivity contribution in [3.63, 3.8) is 0 Å². The van der Waals surface area contributed by atoms with Gasteiger partial charge in [-0.2, -0.15) is 15.4 Å². The summed E-state index contributed by atoms with van der Waals surface area (Å²) >= 11 is 6.03. The maximum Gasteiger partial charge on any atom is 0.306 e. The van der Waals surface area contributed by atoms with E-state index in [1.54, 1.807) is 0 Å². The molecule has 0 spiro atoms. The van der Waals surface area contributed by atoms with Gasteiger partial charge in [0.25, 0.3) is 0 Å². The van der Waals surface area contributed by atoms with E-state index in [2.05, 4.69) is 43.1 Å². The van der Waals surface area contributed by atoms with Crippen molar-refractivity contribution in [1.29, 1.82) is 0 Å². The molecular formula is C33H42ClN3O3. The third-order valence-electron chi connectivity index (χ3n) is 6.73. The van der Waals surface area contributed by atoms with Gasteiger partial charge in [0.15, 0.2) is 0 Å². The molecule has 40 heavy (non-hydrogen) atoms. The molecule has 6 nitrogen and oxygen atoms in total. The average molecular weight is 564 g/mol. The van der Waals surface area contributed by atoms with Gasteiger partial charge in [0.1, 0.15) is 16.8 Å². The number of para-hydroxylation sites is 2. The second kappa shape index (κ2) is 15.4. The molecule has 0 saturated heterocycles. The van der Waals surface area contributed by atoms with Crippen LogP contribution in [0.5, 0.6) is 5.75 Å². The number of aromatic nitrogens is 3. The molecule has 0 amide bonds. The SMILES string of the molecule is CCCCCCCCOC(=O)CCc1cc(-c2ccc(Cl)cc2)c(O)c(C(C)(C)C)c1.c1ccc2n[nH]nc2c1. The molecule has 0 aliphatic rings. The van der Waals surface area contributed by atoms with Crippen LogP contribution in [0, 0.1) is 0 Å². The summed E-state index contributed by atoms with van der Waals surface area (Å²) in [7, 11) is 0. The number of nitrogens with one attached hydrogen (secondary N) is 1. The first-order valence-electron chi connectivity index (χ1n) is 14.2. The number of unbranched alkanes of at least 4 members (excludes halogenated alkanes) is 5. The van der Waals surface area contributed by atoms with E-state index in [-0.39, 0.29) is 17.1 Å². The van der Waals surface area contributed by atoms with Crippen LogP contribution < -0.4 is 0 Å². The normalized spacial score (nSPS) is 11.2. The van der Waals surface area contributed by atoms with E-state index in [0.29, 0.717) is 24.5 Å². The van der Waals surface area contributed by atoms with Gasteiger partial charge >= 0.3 is 5.97 Å². The Hall–Kier alpha value is -3.38. The summed E-state index contributed by atoms with van der Waals surface area (Å²) in [6, 6.07) is 19.1. The zero-order valence-electron chi connectivity index (χ0n) is 24.2. The van der Waals surface area contributed by atoms with Gasteiger partial charge < -0.3 is 9.84 Å². The molecule has 0 aliphatic heterocycles. The number of rotatable bonds is 11. The monoisotopic (exact) mass is 563 g/mol. The Morgan fingerprint density at radius 3 is 2.17 bits per heavy atom. The van der Waals surface area contributed by atoms with E-state index < -0.39 is 0 Å². The molecule has 1 aromatic heterocycles. The molecular weight excluding hydrogens is 522 g/mol. The Kier molecular flexibility index (Phi) is 12.0. The van der Waals surface area contributed by atoms with Crippen LogP contribution >= 0.6 is 11.6 Å². The first-order valence-corrected chi connectivity index (χ1v) is 14.6. The number of H-pyrrole nitrogens is 1. The van der Waals surface area contributed by atoms with E-state index in [0.717, 1.165) is 46.1 Å². The molecule has 0 aliphatic carbocycles.